The van der Waals surface area contributed by atoms with Crippen molar-refractivity contribution in [2.75, 3.05) is 16.4 Å². The van der Waals surface area contributed by atoms with Gasteiger partial charge in [-0.15, -0.1) is 22.0 Å². The maximum absolute atomic E-state index is 13.7. The molecule has 1 amide bonds. The van der Waals surface area contributed by atoms with E-state index in [1.165, 1.54) is 11.8 Å². The number of anilines is 1. The lowest BCUT2D eigenvalue weighted by molar-refractivity contribution is -0.116. The Labute approximate surface area is 207 Å². The van der Waals surface area contributed by atoms with Gasteiger partial charge in [0.2, 0.25) is 5.91 Å². The Morgan fingerprint density at radius 1 is 1.03 bits per heavy atom. The van der Waals surface area contributed by atoms with Crippen molar-refractivity contribution in [3.63, 3.8) is 0 Å². The predicted octanol–water partition coefficient (Wildman–Crippen LogP) is 5.72. The normalized spacial score (nSPS) is 15.2. The molecule has 0 N–H and O–H groups in total. The molecule has 0 unspecified atom stereocenters. The van der Waals surface area contributed by atoms with E-state index in [0.29, 0.717) is 5.75 Å². The number of hydrogen-bond acceptors (Lipinski definition) is 6. The van der Waals surface area contributed by atoms with Crippen LogP contribution >= 0.6 is 23.5 Å². The summed E-state index contributed by atoms with van der Waals surface area (Å²) in [7, 11) is 0. The van der Waals surface area contributed by atoms with Crippen molar-refractivity contribution in [2.45, 2.75) is 36.0 Å². The average Bonchev–Trinajstić information content (AvgIpc) is 3.30. The molecule has 0 bridgehead atoms. The van der Waals surface area contributed by atoms with Crippen LogP contribution in [0.2, 0.25) is 0 Å². The summed E-state index contributed by atoms with van der Waals surface area (Å²) >= 11 is 3.26. The Morgan fingerprint density at radius 3 is 2.59 bits per heavy atom. The van der Waals surface area contributed by atoms with Gasteiger partial charge < -0.3 is 9.47 Å². The van der Waals surface area contributed by atoms with Gasteiger partial charge in [-0.25, -0.2) is 0 Å². The van der Waals surface area contributed by atoms with Gasteiger partial charge in [0, 0.05) is 35.2 Å². The molecule has 34 heavy (non-hydrogen) atoms. The summed E-state index contributed by atoms with van der Waals surface area (Å²) in [6.07, 6.45) is 4.46. The lowest BCUT2D eigenvalue weighted by atomic mass is 10.1. The van der Waals surface area contributed by atoms with E-state index in [1.807, 2.05) is 53.4 Å². The highest BCUT2D eigenvalue weighted by molar-refractivity contribution is 8.00. The fourth-order valence-corrected chi connectivity index (χ4v) is 6.14. The van der Waals surface area contributed by atoms with Crippen molar-refractivity contribution >= 4 is 35.1 Å². The second kappa shape index (κ2) is 10.4. The van der Waals surface area contributed by atoms with E-state index in [0.717, 1.165) is 51.4 Å². The minimum absolute atomic E-state index is 0.00454. The molecule has 172 valence electrons. The molecule has 2 aromatic heterocycles. The highest BCUT2D eigenvalue weighted by atomic mass is 32.2. The van der Waals surface area contributed by atoms with E-state index in [9.17, 15) is 4.79 Å². The van der Waals surface area contributed by atoms with Gasteiger partial charge in [-0.3, -0.25) is 9.78 Å². The smallest absolute Gasteiger partial charge is 0.238 e. The molecule has 1 aliphatic rings. The topological polar surface area (TPSA) is 63.9 Å². The third-order valence-corrected chi connectivity index (χ3v) is 7.80. The fraction of sp³-hybridized carbons (Fsp3) is 0.231. The maximum Gasteiger partial charge on any atom is 0.238 e. The van der Waals surface area contributed by atoms with Crippen molar-refractivity contribution in [2.24, 2.45) is 0 Å². The van der Waals surface area contributed by atoms with Crippen LogP contribution in [0.15, 0.2) is 89.2 Å². The minimum Gasteiger partial charge on any atom is -0.302 e. The minimum atomic E-state index is -0.00454. The van der Waals surface area contributed by atoms with Gasteiger partial charge in [-0.2, -0.15) is 0 Å². The molecule has 0 radical (unpaired) electrons. The van der Waals surface area contributed by atoms with Crippen LogP contribution in [0.3, 0.4) is 0 Å². The lowest BCUT2D eigenvalue weighted by Gasteiger charge is -2.37. The van der Waals surface area contributed by atoms with E-state index in [1.54, 1.807) is 24.2 Å². The number of pyridine rings is 1. The summed E-state index contributed by atoms with van der Waals surface area (Å²) in [5.74, 6) is 2.00. The van der Waals surface area contributed by atoms with Crippen LogP contribution in [-0.4, -0.2) is 37.2 Å². The quantitative estimate of drug-likeness (QED) is 0.311. The van der Waals surface area contributed by atoms with Gasteiger partial charge in [0.25, 0.3) is 0 Å². The molecule has 8 heteroatoms. The SMILES string of the molecule is CCCn1c(SCC(=O)N2c3ccccc3SC[C@@H]2c2ccccc2)nnc1-c1ccncc1. The largest absolute Gasteiger partial charge is 0.302 e. The molecule has 4 aromatic rings. The van der Waals surface area contributed by atoms with E-state index >= 15 is 0 Å². The molecule has 6 nitrogen and oxygen atoms in total. The number of nitrogens with zero attached hydrogens (tertiary/aromatic N) is 5. The van der Waals surface area contributed by atoms with Crippen molar-refractivity contribution in [1.29, 1.82) is 0 Å². The van der Waals surface area contributed by atoms with Gasteiger partial charge in [-0.1, -0.05) is 61.2 Å². The first-order valence-electron chi connectivity index (χ1n) is 11.3. The summed E-state index contributed by atoms with van der Waals surface area (Å²) in [6.45, 7) is 2.92. The van der Waals surface area contributed by atoms with Crippen LogP contribution in [0, 0.1) is 0 Å². The Bertz CT molecular complexity index is 1260. The van der Waals surface area contributed by atoms with Crippen LogP contribution < -0.4 is 4.90 Å². The van der Waals surface area contributed by atoms with Crippen LogP contribution in [-0.2, 0) is 11.3 Å². The molecule has 2 aromatic carbocycles. The molecule has 0 saturated heterocycles. The first-order chi connectivity index (χ1) is 16.8. The molecule has 0 aliphatic carbocycles. The number of rotatable bonds is 7. The summed E-state index contributed by atoms with van der Waals surface area (Å²) in [6, 6.07) is 22.3. The fourth-order valence-electron chi connectivity index (χ4n) is 4.15. The van der Waals surface area contributed by atoms with Gasteiger partial charge in [0.15, 0.2) is 11.0 Å². The van der Waals surface area contributed by atoms with Crippen LogP contribution in [0.5, 0.6) is 0 Å². The molecule has 1 aliphatic heterocycles. The highest BCUT2D eigenvalue weighted by Gasteiger charge is 2.32. The van der Waals surface area contributed by atoms with Crippen molar-refractivity contribution in [3.8, 4) is 11.4 Å². The Kier molecular flexibility index (Phi) is 6.97. The van der Waals surface area contributed by atoms with E-state index < -0.39 is 0 Å². The third kappa shape index (κ3) is 4.60. The standard InChI is InChI=1S/C26H25N5OS2/c1-2-16-30-25(20-12-14-27-15-13-20)28-29-26(30)34-18-24(32)31-21-10-6-7-11-23(21)33-17-22(31)19-8-4-3-5-9-19/h3-15,22H,2,16-18H2,1H3/t22-/m1/s1. The maximum atomic E-state index is 13.7. The number of thioether (sulfide) groups is 2. The zero-order chi connectivity index (χ0) is 23.3. The summed E-state index contributed by atoms with van der Waals surface area (Å²) in [4.78, 5) is 20.9. The summed E-state index contributed by atoms with van der Waals surface area (Å²) in [5.41, 5.74) is 3.10. The molecule has 1 atom stereocenters. The number of amides is 1. The van der Waals surface area contributed by atoms with Crippen molar-refractivity contribution in [1.82, 2.24) is 19.7 Å². The number of carbonyl (C=O) groups excluding carboxylic acids is 1. The molecule has 0 saturated carbocycles. The molecule has 0 spiro atoms. The van der Waals surface area contributed by atoms with Gasteiger partial charge in [0.1, 0.15) is 0 Å². The molecular weight excluding hydrogens is 462 g/mol. The molecule has 5 rings (SSSR count). The number of para-hydroxylation sites is 1. The highest BCUT2D eigenvalue weighted by Crippen LogP contribution is 2.43. The predicted molar refractivity (Wildman–Crippen MR) is 138 cm³/mol. The number of carbonyl (C=O) groups is 1. The van der Waals surface area contributed by atoms with Gasteiger partial charge in [0.05, 0.1) is 17.5 Å². The van der Waals surface area contributed by atoms with Gasteiger partial charge >= 0.3 is 0 Å². The molecule has 3 heterocycles. The summed E-state index contributed by atoms with van der Waals surface area (Å²) < 4.78 is 2.10. The second-order valence-corrected chi connectivity index (χ2v) is 9.96. The number of benzene rings is 2. The molecular formula is C26H25N5OS2. The molecule has 0 fully saturated rings. The Balaban J connectivity index is 1.41. The van der Waals surface area contributed by atoms with Gasteiger partial charge in [-0.05, 0) is 36.2 Å². The summed E-state index contributed by atoms with van der Waals surface area (Å²) in [5, 5.41) is 9.62. The van der Waals surface area contributed by atoms with E-state index in [2.05, 4.69) is 44.9 Å². The zero-order valence-electron chi connectivity index (χ0n) is 18.9. The third-order valence-electron chi connectivity index (χ3n) is 5.71. The van der Waals surface area contributed by atoms with Crippen LogP contribution in [0.25, 0.3) is 11.4 Å². The van der Waals surface area contributed by atoms with Crippen molar-refractivity contribution < 1.29 is 4.79 Å². The first-order valence-corrected chi connectivity index (χ1v) is 13.3. The van der Waals surface area contributed by atoms with E-state index in [4.69, 9.17) is 0 Å². The first kappa shape index (κ1) is 22.7. The Morgan fingerprint density at radius 2 is 1.79 bits per heavy atom. The van der Waals surface area contributed by atoms with Crippen molar-refractivity contribution in [3.05, 3.63) is 84.7 Å². The average molecular weight is 488 g/mol. The lowest BCUT2D eigenvalue weighted by Crippen LogP contribution is -2.39. The number of fused-ring (bicyclic) bond motifs is 1. The number of aromatic nitrogens is 4. The monoisotopic (exact) mass is 487 g/mol. The van der Waals surface area contributed by atoms with Crippen LogP contribution in [0.4, 0.5) is 5.69 Å². The van der Waals surface area contributed by atoms with E-state index in [-0.39, 0.29) is 11.9 Å². The zero-order valence-corrected chi connectivity index (χ0v) is 20.5. The van der Waals surface area contributed by atoms with Crippen LogP contribution in [0.1, 0.15) is 24.9 Å². The number of hydrogen-bond donors (Lipinski definition) is 0. The Hall–Kier alpha value is -3.10. The second-order valence-electron chi connectivity index (χ2n) is 7.95.